The summed E-state index contributed by atoms with van der Waals surface area (Å²) in [4.78, 5) is 0. The van der Waals surface area contributed by atoms with Crippen LogP contribution >= 0.6 is 0 Å². The van der Waals surface area contributed by atoms with Gasteiger partial charge in [-0.05, 0) is 26.0 Å². The quantitative estimate of drug-likeness (QED) is 0.842. The fraction of sp³-hybridized carbons (Fsp3) is 0.786. The van der Waals surface area contributed by atoms with Crippen molar-refractivity contribution in [2.45, 2.75) is 50.4 Å². The van der Waals surface area contributed by atoms with E-state index in [9.17, 15) is 13.2 Å². The van der Waals surface area contributed by atoms with E-state index in [4.69, 9.17) is 4.74 Å². The highest BCUT2D eigenvalue weighted by atomic mass is 19.4. The molecule has 0 bridgehead atoms. The molecule has 0 spiro atoms. The number of nitrogens with zero attached hydrogens (tertiary/aromatic N) is 2. The summed E-state index contributed by atoms with van der Waals surface area (Å²) in [5, 5.41) is 7.51. The van der Waals surface area contributed by atoms with Crippen molar-refractivity contribution in [3.8, 4) is 0 Å². The van der Waals surface area contributed by atoms with Crippen molar-refractivity contribution in [1.29, 1.82) is 0 Å². The molecule has 1 N–H and O–H groups in total. The molecule has 2 rings (SSSR count). The van der Waals surface area contributed by atoms with E-state index in [1.165, 1.54) is 12.8 Å². The van der Waals surface area contributed by atoms with Gasteiger partial charge in [0.15, 0.2) is 0 Å². The molecular formula is C14H22F3N3O. The average Bonchev–Trinajstić information content (AvgIpc) is 3.06. The van der Waals surface area contributed by atoms with Gasteiger partial charge >= 0.3 is 6.18 Å². The van der Waals surface area contributed by atoms with E-state index in [-0.39, 0.29) is 12.6 Å². The standard InChI is InChI=1S/C14H22F3N3O/c1-18-12(9-21-10-14(15,16)17)8-11-6-7-20(19-11)13-4-2-3-5-13/h6-7,12-13,18H,2-5,8-10H2,1H3. The minimum atomic E-state index is -4.28. The first-order valence-corrected chi connectivity index (χ1v) is 7.34. The molecule has 1 aliphatic rings. The predicted molar refractivity (Wildman–Crippen MR) is 73.2 cm³/mol. The van der Waals surface area contributed by atoms with Crippen molar-refractivity contribution in [3.05, 3.63) is 18.0 Å². The highest BCUT2D eigenvalue weighted by Gasteiger charge is 2.28. The van der Waals surface area contributed by atoms with Crippen LogP contribution in [0.5, 0.6) is 0 Å². The van der Waals surface area contributed by atoms with Crippen LogP contribution in [-0.2, 0) is 11.2 Å². The van der Waals surface area contributed by atoms with Crippen LogP contribution < -0.4 is 5.32 Å². The van der Waals surface area contributed by atoms with Crippen molar-refractivity contribution in [2.24, 2.45) is 0 Å². The summed E-state index contributed by atoms with van der Waals surface area (Å²) < 4.78 is 42.9. The molecule has 1 unspecified atom stereocenters. The van der Waals surface area contributed by atoms with E-state index in [0.717, 1.165) is 18.5 Å². The Kier molecular flexibility index (Phi) is 5.64. The Morgan fingerprint density at radius 1 is 1.43 bits per heavy atom. The molecule has 4 nitrogen and oxygen atoms in total. The summed E-state index contributed by atoms with van der Waals surface area (Å²) in [6.07, 6.45) is 3.05. The van der Waals surface area contributed by atoms with E-state index in [1.54, 1.807) is 7.05 Å². The molecule has 1 atom stereocenters. The van der Waals surface area contributed by atoms with Crippen LogP contribution in [0.2, 0.25) is 0 Å². The van der Waals surface area contributed by atoms with E-state index in [0.29, 0.717) is 12.5 Å². The maximum atomic E-state index is 12.1. The van der Waals surface area contributed by atoms with Gasteiger partial charge < -0.3 is 10.1 Å². The lowest BCUT2D eigenvalue weighted by atomic mass is 10.2. The normalized spacial score (nSPS) is 18.3. The third-order valence-electron chi connectivity index (χ3n) is 3.81. The zero-order chi connectivity index (χ0) is 15.3. The Bertz CT molecular complexity index is 427. The van der Waals surface area contributed by atoms with Gasteiger partial charge in [0.2, 0.25) is 0 Å². The molecule has 7 heteroatoms. The summed E-state index contributed by atoms with van der Waals surface area (Å²) in [5.41, 5.74) is 0.886. The van der Waals surface area contributed by atoms with Crippen LogP contribution in [0.3, 0.4) is 0 Å². The molecule has 1 saturated carbocycles. The second-order valence-corrected chi connectivity index (χ2v) is 5.55. The fourth-order valence-electron chi connectivity index (χ4n) is 2.67. The SMILES string of the molecule is CNC(COCC(F)(F)F)Cc1ccn(C2CCCC2)n1. The Morgan fingerprint density at radius 2 is 2.14 bits per heavy atom. The molecule has 120 valence electrons. The molecule has 0 amide bonds. The van der Waals surface area contributed by atoms with E-state index >= 15 is 0 Å². The van der Waals surface area contributed by atoms with Crippen molar-refractivity contribution < 1.29 is 17.9 Å². The van der Waals surface area contributed by atoms with Gasteiger partial charge in [0.05, 0.1) is 18.3 Å². The first kappa shape index (κ1) is 16.3. The zero-order valence-corrected chi connectivity index (χ0v) is 12.2. The lowest BCUT2D eigenvalue weighted by Crippen LogP contribution is -2.34. The Hall–Kier alpha value is -1.08. The molecule has 1 aliphatic carbocycles. The summed E-state index contributed by atoms with van der Waals surface area (Å²) >= 11 is 0. The van der Waals surface area contributed by atoms with Crippen molar-refractivity contribution in [3.63, 3.8) is 0 Å². The second kappa shape index (κ2) is 7.26. The maximum Gasteiger partial charge on any atom is 0.411 e. The summed E-state index contributed by atoms with van der Waals surface area (Å²) in [5.74, 6) is 0. The van der Waals surface area contributed by atoms with Crippen LogP contribution in [0.25, 0.3) is 0 Å². The minimum Gasteiger partial charge on any atom is -0.370 e. The van der Waals surface area contributed by atoms with Crippen LogP contribution in [0.1, 0.15) is 37.4 Å². The number of ether oxygens (including phenoxy) is 1. The number of likely N-dealkylation sites (N-methyl/N-ethyl adjacent to an activating group) is 1. The Balaban J connectivity index is 1.81. The maximum absolute atomic E-state index is 12.1. The van der Waals surface area contributed by atoms with Crippen LogP contribution in [0.15, 0.2) is 12.3 Å². The monoisotopic (exact) mass is 305 g/mol. The third-order valence-corrected chi connectivity index (χ3v) is 3.81. The molecule has 0 aromatic carbocycles. The second-order valence-electron chi connectivity index (χ2n) is 5.55. The molecule has 1 heterocycles. The first-order chi connectivity index (χ1) is 9.98. The van der Waals surface area contributed by atoms with E-state index in [1.807, 2.05) is 16.9 Å². The van der Waals surface area contributed by atoms with Gasteiger partial charge in [-0.2, -0.15) is 18.3 Å². The number of hydrogen-bond acceptors (Lipinski definition) is 3. The van der Waals surface area contributed by atoms with Crippen LogP contribution in [0, 0.1) is 0 Å². The highest BCUT2D eigenvalue weighted by molar-refractivity contribution is 5.02. The molecule has 1 fully saturated rings. The Labute approximate surface area is 122 Å². The predicted octanol–water partition coefficient (Wildman–Crippen LogP) is 2.71. The molecule has 0 saturated heterocycles. The lowest BCUT2D eigenvalue weighted by molar-refractivity contribution is -0.175. The highest BCUT2D eigenvalue weighted by Crippen LogP contribution is 2.28. The summed E-state index contributed by atoms with van der Waals surface area (Å²) in [6.45, 7) is -1.19. The number of rotatable bonds is 7. The van der Waals surface area contributed by atoms with Crippen molar-refractivity contribution >= 4 is 0 Å². The minimum absolute atomic E-state index is 0.0201. The van der Waals surface area contributed by atoms with Gasteiger partial charge in [-0.15, -0.1) is 0 Å². The number of alkyl halides is 3. The molecule has 21 heavy (non-hydrogen) atoms. The molecule has 0 aliphatic heterocycles. The fourth-order valence-corrected chi connectivity index (χ4v) is 2.67. The number of hydrogen-bond donors (Lipinski definition) is 1. The van der Waals surface area contributed by atoms with Gasteiger partial charge in [-0.1, -0.05) is 12.8 Å². The largest absolute Gasteiger partial charge is 0.411 e. The zero-order valence-electron chi connectivity index (χ0n) is 12.2. The smallest absolute Gasteiger partial charge is 0.370 e. The summed E-state index contributed by atoms with van der Waals surface area (Å²) in [6, 6.07) is 2.25. The van der Waals surface area contributed by atoms with Crippen molar-refractivity contribution in [2.75, 3.05) is 20.3 Å². The number of nitrogens with one attached hydrogen (secondary N) is 1. The van der Waals surface area contributed by atoms with Gasteiger partial charge in [0.25, 0.3) is 0 Å². The van der Waals surface area contributed by atoms with Gasteiger partial charge in [-0.3, -0.25) is 4.68 Å². The molecule has 1 aromatic rings. The van der Waals surface area contributed by atoms with E-state index < -0.39 is 12.8 Å². The van der Waals surface area contributed by atoms with Crippen LogP contribution in [0.4, 0.5) is 13.2 Å². The number of halogens is 3. The van der Waals surface area contributed by atoms with Crippen molar-refractivity contribution in [1.82, 2.24) is 15.1 Å². The third kappa shape index (κ3) is 5.32. The molecular weight excluding hydrogens is 283 g/mol. The first-order valence-electron chi connectivity index (χ1n) is 7.34. The number of aromatic nitrogens is 2. The van der Waals surface area contributed by atoms with Crippen LogP contribution in [-0.4, -0.2) is 42.3 Å². The lowest BCUT2D eigenvalue weighted by Gasteiger charge is -2.16. The van der Waals surface area contributed by atoms with E-state index in [2.05, 4.69) is 10.4 Å². The molecule has 1 aromatic heterocycles. The van der Waals surface area contributed by atoms with Gasteiger partial charge in [-0.25, -0.2) is 0 Å². The van der Waals surface area contributed by atoms with Gasteiger partial charge in [0.1, 0.15) is 6.61 Å². The topological polar surface area (TPSA) is 39.1 Å². The average molecular weight is 305 g/mol. The Morgan fingerprint density at radius 3 is 2.76 bits per heavy atom. The summed E-state index contributed by atoms with van der Waals surface area (Å²) in [7, 11) is 1.72. The van der Waals surface area contributed by atoms with Gasteiger partial charge in [0, 0.05) is 18.7 Å². The molecule has 0 radical (unpaired) electrons.